The monoisotopic (exact) mass is 442 g/mol. The summed E-state index contributed by atoms with van der Waals surface area (Å²) in [4.78, 5) is 25.7. The number of sulfonamides is 1. The van der Waals surface area contributed by atoms with Gasteiger partial charge >= 0.3 is 5.69 Å². The van der Waals surface area contributed by atoms with Gasteiger partial charge in [-0.25, -0.2) is 26.9 Å². The molecule has 10 heteroatoms. The SMILES string of the molecule is CC1(NS(=O)(=O)c2ccc3c(c2)c(=O)n(CC#N)c(=O)n3Cc2ccc(F)cc2)CC1. The molecular weight excluding hydrogens is 423 g/mol. The first-order valence-electron chi connectivity index (χ1n) is 9.56. The number of aromatic nitrogens is 2. The van der Waals surface area contributed by atoms with Crippen LogP contribution in [0.25, 0.3) is 10.9 Å². The van der Waals surface area contributed by atoms with Crippen LogP contribution in [0.1, 0.15) is 25.3 Å². The molecule has 3 aromatic rings. The lowest BCUT2D eigenvalue weighted by atomic mass is 10.2. The molecule has 0 amide bonds. The fourth-order valence-electron chi connectivity index (χ4n) is 3.38. The molecule has 0 aliphatic heterocycles. The van der Waals surface area contributed by atoms with Crippen molar-refractivity contribution in [3.8, 4) is 6.07 Å². The zero-order chi connectivity index (χ0) is 22.4. The van der Waals surface area contributed by atoms with Crippen LogP contribution >= 0.6 is 0 Å². The molecule has 2 aromatic carbocycles. The van der Waals surface area contributed by atoms with E-state index in [1.54, 1.807) is 13.0 Å². The average Bonchev–Trinajstić information content (AvgIpc) is 3.45. The minimum absolute atomic E-state index is 0.000728. The van der Waals surface area contributed by atoms with E-state index < -0.39 is 39.2 Å². The third kappa shape index (κ3) is 4.02. The van der Waals surface area contributed by atoms with Gasteiger partial charge < -0.3 is 0 Å². The third-order valence-electron chi connectivity index (χ3n) is 5.37. The molecule has 1 fully saturated rings. The quantitative estimate of drug-likeness (QED) is 0.624. The van der Waals surface area contributed by atoms with Crippen LogP contribution in [0.4, 0.5) is 4.39 Å². The predicted octanol–water partition coefficient (Wildman–Crippen LogP) is 1.70. The summed E-state index contributed by atoms with van der Waals surface area (Å²) >= 11 is 0. The lowest BCUT2D eigenvalue weighted by Crippen LogP contribution is -2.40. The van der Waals surface area contributed by atoms with Crippen molar-refractivity contribution in [3.63, 3.8) is 0 Å². The van der Waals surface area contributed by atoms with Gasteiger partial charge in [0.15, 0.2) is 0 Å². The van der Waals surface area contributed by atoms with Crippen molar-refractivity contribution in [1.29, 1.82) is 5.26 Å². The van der Waals surface area contributed by atoms with Gasteiger partial charge in [0, 0.05) is 5.54 Å². The van der Waals surface area contributed by atoms with E-state index in [4.69, 9.17) is 5.26 Å². The molecule has 0 bridgehead atoms. The molecule has 1 N–H and O–H groups in total. The Bertz CT molecular complexity index is 1450. The van der Waals surface area contributed by atoms with Crippen molar-refractivity contribution >= 4 is 20.9 Å². The van der Waals surface area contributed by atoms with Gasteiger partial charge in [0.05, 0.1) is 28.4 Å². The summed E-state index contributed by atoms with van der Waals surface area (Å²) in [7, 11) is -3.87. The molecule has 1 aromatic heterocycles. The predicted molar refractivity (Wildman–Crippen MR) is 112 cm³/mol. The molecule has 1 aliphatic rings. The molecule has 8 nitrogen and oxygen atoms in total. The maximum atomic E-state index is 13.2. The van der Waals surface area contributed by atoms with Crippen molar-refractivity contribution in [2.45, 2.75) is 43.3 Å². The van der Waals surface area contributed by atoms with Gasteiger partial charge in [-0.2, -0.15) is 5.26 Å². The maximum Gasteiger partial charge on any atom is 0.332 e. The van der Waals surface area contributed by atoms with E-state index in [1.807, 2.05) is 0 Å². The number of hydrogen-bond donors (Lipinski definition) is 1. The van der Waals surface area contributed by atoms with Gasteiger partial charge in [0.25, 0.3) is 5.56 Å². The maximum absolute atomic E-state index is 13.2. The number of hydrogen-bond acceptors (Lipinski definition) is 5. The minimum atomic E-state index is -3.87. The zero-order valence-corrected chi connectivity index (χ0v) is 17.4. The highest BCUT2D eigenvalue weighted by atomic mass is 32.2. The topological polar surface area (TPSA) is 114 Å². The fourth-order valence-corrected chi connectivity index (χ4v) is 4.87. The number of nitrogens with one attached hydrogen (secondary N) is 1. The highest BCUT2D eigenvalue weighted by molar-refractivity contribution is 7.89. The number of fused-ring (bicyclic) bond motifs is 1. The molecule has 0 spiro atoms. The van der Waals surface area contributed by atoms with Crippen LogP contribution in [-0.2, 0) is 23.1 Å². The van der Waals surface area contributed by atoms with Crippen molar-refractivity contribution in [1.82, 2.24) is 13.9 Å². The van der Waals surface area contributed by atoms with E-state index in [1.165, 1.54) is 47.0 Å². The van der Waals surface area contributed by atoms with Crippen molar-refractivity contribution < 1.29 is 12.8 Å². The van der Waals surface area contributed by atoms with Crippen LogP contribution in [0.3, 0.4) is 0 Å². The zero-order valence-electron chi connectivity index (χ0n) is 16.6. The van der Waals surface area contributed by atoms with Gasteiger partial charge in [-0.3, -0.25) is 9.36 Å². The number of nitrogens with zero attached hydrogens (tertiary/aromatic N) is 3. The second-order valence-corrected chi connectivity index (χ2v) is 9.57. The standard InChI is InChI=1S/C21H19FN4O4S/c1-21(8-9-21)24-31(29,30)16-6-7-18-17(12-16)19(27)25(11-10-23)20(28)26(18)13-14-2-4-15(22)5-3-14/h2-7,12,24H,8-9,11,13H2,1H3. The van der Waals surface area contributed by atoms with E-state index in [-0.39, 0.29) is 22.3 Å². The summed E-state index contributed by atoms with van der Waals surface area (Å²) in [5.74, 6) is -0.429. The number of rotatable bonds is 6. The Labute approximate surface area is 177 Å². The number of benzene rings is 2. The Morgan fingerprint density at radius 2 is 1.81 bits per heavy atom. The Kier molecular flexibility index (Phi) is 5.03. The van der Waals surface area contributed by atoms with Crippen LogP contribution in [0.15, 0.2) is 56.9 Å². The molecule has 0 atom stereocenters. The van der Waals surface area contributed by atoms with Gasteiger partial charge in [-0.05, 0) is 55.7 Å². The highest BCUT2D eigenvalue weighted by Gasteiger charge is 2.41. The first kappa shape index (κ1) is 21.0. The Morgan fingerprint density at radius 1 is 1.13 bits per heavy atom. The van der Waals surface area contributed by atoms with Gasteiger partial charge in [0.2, 0.25) is 10.0 Å². The van der Waals surface area contributed by atoms with E-state index in [0.29, 0.717) is 5.56 Å². The average molecular weight is 442 g/mol. The summed E-state index contributed by atoms with van der Waals surface area (Å²) in [5, 5.41) is 9.07. The molecule has 160 valence electrons. The van der Waals surface area contributed by atoms with E-state index >= 15 is 0 Å². The summed E-state index contributed by atoms with van der Waals surface area (Å²) in [6.45, 7) is 1.33. The molecule has 0 unspecified atom stereocenters. The smallest absolute Gasteiger partial charge is 0.289 e. The normalized spacial score (nSPS) is 15.0. The second-order valence-electron chi connectivity index (χ2n) is 7.89. The molecule has 0 saturated heterocycles. The van der Waals surface area contributed by atoms with Crippen LogP contribution in [0.5, 0.6) is 0 Å². The summed E-state index contributed by atoms with van der Waals surface area (Å²) in [5.41, 5.74) is -1.11. The molecule has 0 radical (unpaired) electrons. The van der Waals surface area contributed by atoms with E-state index in [2.05, 4.69) is 4.72 Å². The summed E-state index contributed by atoms with van der Waals surface area (Å²) in [6, 6.07) is 11.3. The van der Waals surface area contributed by atoms with Crippen LogP contribution in [0, 0.1) is 17.1 Å². The first-order chi connectivity index (χ1) is 14.6. The van der Waals surface area contributed by atoms with Crippen molar-refractivity contribution in [2.75, 3.05) is 0 Å². The molecular formula is C21H19FN4O4S. The Balaban J connectivity index is 1.90. The summed E-state index contributed by atoms with van der Waals surface area (Å²) in [6.07, 6.45) is 1.46. The van der Waals surface area contributed by atoms with Crippen LogP contribution in [-0.4, -0.2) is 23.1 Å². The lowest BCUT2D eigenvalue weighted by molar-refractivity contribution is 0.558. The second kappa shape index (κ2) is 7.44. The van der Waals surface area contributed by atoms with E-state index in [9.17, 15) is 22.4 Å². The fraction of sp³-hybridized carbons (Fsp3) is 0.286. The largest absolute Gasteiger partial charge is 0.332 e. The van der Waals surface area contributed by atoms with Crippen molar-refractivity contribution in [2.24, 2.45) is 0 Å². The summed E-state index contributed by atoms with van der Waals surface area (Å²) < 4.78 is 43.4. The molecule has 1 saturated carbocycles. The number of nitriles is 1. The minimum Gasteiger partial charge on any atom is -0.289 e. The Morgan fingerprint density at radius 3 is 2.42 bits per heavy atom. The van der Waals surface area contributed by atoms with Crippen molar-refractivity contribution in [3.05, 3.63) is 74.7 Å². The third-order valence-corrected chi connectivity index (χ3v) is 7.01. The first-order valence-corrected chi connectivity index (χ1v) is 11.0. The van der Waals surface area contributed by atoms with Gasteiger partial charge in [0.1, 0.15) is 12.4 Å². The van der Waals surface area contributed by atoms with Crippen LogP contribution in [0.2, 0.25) is 0 Å². The molecule has 1 heterocycles. The molecule has 31 heavy (non-hydrogen) atoms. The van der Waals surface area contributed by atoms with E-state index in [0.717, 1.165) is 17.4 Å². The number of halogens is 1. The molecule has 1 aliphatic carbocycles. The van der Waals surface area contributed by atoms with Gasteiger partial charge in [-0.15, -0.1) is 0 Å². The Hall–Kier alpha value is -3.29. The molecule has 4 rings (SSSR count). The van der Waals surface area contributed by atoms with Crippen LogP contribution < -0.4 is 16.0 Å². The van der Waals surface area contributed by atoms with Gasteiger partial charge in [-0.1, -0.05) is 12.1 Å². The highest BCUT2D eigenvalue weighted by Crippen LogP contribution is 2.36. The lowest BCUT2D eigenvalue weighted by Gasteiger charge is -2.15.